The molecule has 0 amide bonds. The van der Waals surface area contributed by atoms with Crippen molar-refractivity contribution in [2.24, 2.45) is 0 Å². The van der Waals surface area contributed by atoms with Gasteiger partial charge in [0.1, 0.15) is 11.5 Å². The summed E-state index contributed by atoms with van der Waals surface area (Å²) in [5, 5.41) is 9.36. The number of benzene rings is 1. The van der Waals surface area contributed by atoms with E-state index in [1.165, 1.54) is 6.07 Å². The summed E-state index contributed by atoms with van der Waals surface area (Å²) in [6.45, 7) is 0.408. The molecule has 0 aromatic heterocycles. The molecule has 0 bridgehead atoms. The van der Waals surface area contributed by atoms with Gasteiger partial charge in [-0.25, -0.2) is 0 Å². The lowest BCUT2D eigenvalue weighted by Crippen LogP contribution is -2.16. The number of ketones is 1. The Labute approximate surface area is 88.9 Å². The fraction of sp³-hybridized carbons (Fsp3) is 0.222. The molecule has 2 rings (SSSR count). The quantitative estimate of drug-likeness (QED) is 0.743. The van der Waals surface area contributed by atoms with E-state index in [2.05, 4.69) is 0 Å². The lowest BCUT2D eigenvalue weighted by molar-refractivity contribution is 0.0932. The topological polar surface area (TPSA) is 46.5 Å². The predicted octanol–water partition coefficient (Wildman–Crippen LogP) is 1.96. The second-order valence-electron chi connectivity index (χ2n) is 2.80. The number of hydrogen-bond donors (Lipinski definition) is 1. The molecule has 3 nitrogen and oxygen atoms in total. The number of carbonyl (C=O) groups excluding carboxylic acids is 1. The van der Waals surface area contributed by atoms with Crippen LogP contribution in [0.1, 0.15) is 16.8 Å². The van der Waals surface area contributed by atoms with Crippen LogP contribution in [0.3, 0.4) is 0 Å². The molecule has 0 atom stereocenters. The normalized spacial score (nSPS) is 15.0. The van der Waals surface area contributed by atoms with E-state index >= 15 is 0 Å². The maximum atomic E-state index is 11.4. The highest BCUT2D eigenvalue weighted by Gasteiger charge is 2.21. The number of aromatic hydroxyl groups is 1. The van der Waals surface area contributed by atoms with Gasteiger partial charge in [-0.05, 0) is 34.7 Å². The van der Waals surface area contributed by atoms with Crippen LogP contribution >= 0.6 is 22.6 Å². The molecule has 1 heterocycles. The Hall–Kier alpha value is -0.780. The number of fused-ring (bicyclic) bond motifs is 1. The van der Waals surface area contributed by atoms with Crippen molar-refractivity contribution in [2.75, 3.05) is 6.61 Å². The summed E-state index contributed by atoms with van der Waals surface area (Å²) < 4.78 is 5.93. The van der Waals surface area contributed by atoms with E-state index in [9.17, 15) is 9.90 Å². The van der Waals surface area contributed by atoms with Gasteiger partial charge >= 0.3 is 0 Å². The Morgan fingerprint density at radius 3 is 3.00 bits per heavy atom. The largest absolute Gasteiger partial charge is 0.507 e. The van der Waals surface area contributed by atoms with Crippen LogP contribution in [0.15, 0.2) is 12.1 Å². The number of rotatable bonds is 0. The van der Waals surface area contributed by atoms with Gasteiger partial charge in [0.15, 0.2) is 5.78 Å². The summed E-state index contributed by atoms with van der Waals surface area (Å²) in [4.78, 5) is 11.4. The average molecular weight is 290 g/mol. The average Bonchev–Trinajstić information content (AvgIpc) is 2.12. The van der Waals surface area contributed by atoms with Crippen molar-refractivity contribution >= 4 is 28.4 Å². The molecule has 0 saturated heterocycles. The van der Waals surface area contributed by atoms with Crippen LogP contribution in [-0.2, 0) is 0 Å². The number of phenolic OH excluding ortho intramolecular Hbond substituents is 1. The zero-order valence-electron chi connectivity index (χ0n) is 6.71. The Morgan fingerprint density at radius 2 is 2.23 bits per heavy atom. The first-order chi connectivity index (χ1) is 6.20. The van der Waals surface area contributed by atoms with E-state index in [1.54, 1.807) is 6.07 Å². The van der Waals surface area contributed by atoms with E-state index in [0.717, 1.165) is 0 Å². The zero-order chi connectivity index (χ0) is 9.42. The molecule has 4 heteroatoms. The number of hydrogen-bond acceptors (Lipinski definition) is 3. The van der Waals surface area contributed by atoms with Gasteiger partial charge in [0, 0.05) is 6.42 Å². The number of phenols is 1. The first kappa shape index (κ1) is 8.80. The van der Waals surface area contributed by atoms with E-state index in [0.29, 0.717) is 27.9 Å². The SMILES string of the molecule is O=C1CCOc2c1ccc(O)c2I. The molecule has 1 aliphatic rings. The molecule has 0 fully saturated rings. The molecular formula is C9H7IO3. The van der Waals surface area contributed by atoms with Crippen LogP contribution in [-0.4, -0.2) is 17.5 Å². The summed E-state index contributed by atoms with van der Waals surface area (Å²) in [6.07, 6.45) is 0.424. The van der Waals surface area contributed by atoms with Gasteiger partial charge in [-0.3, -0.25) is 4.79 Å². The van der Waals surface area contributed by atoms with E-state index < -0.39 is 0 Å². The third-order valence-electron chi connectivity index (χ3n) is 1.95. The highest BCUT2D eigenvalue weighted by Crippen LogP contribution is 2.35. The van der Waals surface area contributed by atoms with Crippen LogP contribution in [0.25, 0.3) is 0 Å². The molecule has 1 aromatic carbocycles. The van der Waals surface area contributed by atoms with Crippen molar-refractivity contribution in [1.29, 1.82) is 0 Å². The van der Waals surface area contributed by atoms with Crippen LogP contribution in [0.2, 0.25) is 0 Å². The molecule has 0 aliphatic carbocycles. The summed E-state index contributed by atoms with van der Waals surface area (Å²) in [6, 6.07) is 3.13. The smallest absolute Gasteiger partial charge is 0.170 e. The molecule has 13 heavy (non-hydrogen) atoms. The van der Waals surface area contributed by atoms with E-state index in [4.69, 9.17) is 4.74 Å². The Kier molecular flexibility index (Phi) is 2.15. The second kappa shape index (κ2) is 3.17. The highest BCUT2D eigenvalue weighted by molar-refractivity contribution is 14.1. The van der Waals surface area contributed by atoms with Crippen molar-refractivity contribution in [2.45, 2.75) is 6.42 Å². The molecule has 0 radical (unpaired) electrons. The Morgan fingerprint density at radius 1 is 1.46 bits per heavy atom. The van der Waals surface area contributed by atoms with Gasteiger partial charge in [0.25, 0.3) is 0 Å². The predicted molar refractivity (Wildman–Crippen MR) is 55.3 cm³/mol. The monoisotopic (exact) mass is 290 g/mol. The van der Waals surface area contributed by atoms with Gasteiger partial charge in [-0.1, -0.05) is 0 Å². The summed E-state index contributed by atoms with van der Waals surface area (Å²) >= 11 is 1.97. The van der Waals surface area contributed by atoms with Crippen molar-refractivity contribution in [3.8, 4) is 11.5 Å². The summed E-state index contributed by atoms with van der Waals surface area (Å²) in [7, 11) is 0. The lowest BCUT2D eigenvalue weighted by Gasteiger charge is -2.17. The van der Waals surface area contributed by atoms with Crippen molar-refractivity contribution < 1.29 is 14.6 Å². The Bertz CT molecular complexity index is 373. The fourth-order valence-corrected chi connectivity index (χ4v) is 1.91. The molecule has 68 valence electrons. The molecule has 1 aromatic rings. The number of Topliss-reactive ketones (excluding diaryl/α,β-unsaturated/α-hetero) is 1. The van der Waals surface area contributed by atoms with Gasteiger partial charge in [-0.15, -0.1) is 0 Å². The standard InChI is InChI=1S/C9H7IO3/c10-8-7(12)2-1-5-6(11)3-4-13-9(5)8/h1-2,12H,3-4H2. The summed E-state index contributed by atoms with van der Waals surface area (Å²) in [5.41, 5.74) is 0.577. The third kappa shape index (κ3) is 1.39. The third-order valence-corrected chi connectivity index (χ3v) is 3.00. The molecule has 0 saturated carbocycles. The molecule has 1 N–H and O–H groups in total. The maximum absolute atomic E-state index is 11.4. The number of ether oxygens (including phenoxy) is 1. The minimum atomic E-state index is 0.0826. The summed E-state index contributed by atoms with van der Waals surface area (Å²) in [5.74, 6) is 0.769. The first-order valence-corrected chi connectivity index (χ1v) is 4.95. The minimum Gasteiger partial charge on any atom is -0.507 e. The van der Waals surface area contributed by atoms with Crippen molar-refractivity contribution in [3.05, 3.63) is 21.3 Å². The number of halogens is 1. The number of carbonyl (C=O) groups is 1. The van der Waals surface area contributed by atoms with E-state index in [-0.39, 0.29) is 11.5 Å². The zero-order valence-corrected chi connectivity index (χ0v) is 8.87. The van der Waals surface area contributed by atoms with Gasteiger partial charge in [-0.2, -0.15) is 0 Å². The van der Waals surface area contributed by atoms with Crippen LogP contribution in [0.4, 0.5) is 0 Å². The first-order valence-electron chi connectivity index (χ1n) is 3.87. The van der Waals surface area contributed by atoms with Crippen LogP contribution in [0.5, 0.6) is 11.5 Å². The van der Waals surface area contributed by atoms with E-state index in [1.807, 2.05) is 22.6 Å². The molecule has 0 unspecified atom stereocenters. The van der Waals surface area contributed by atoms with Crippen LogP contribution < -0.4 is 4.74 Å². The molecular weight excluding hydrogens is 283 g/mol. The maximum Gasteiger partial charge on any atom is 0.170 e. The van der Waals surface area contributed by atoms with Gasteiger partial charge in [0.2, 0.25) is 0 Å². The minimum absolute atomic E-state index is 0.0826. The van der Waals surface area contributed by atoms with Crippen molar-refractivity contribution in [3.63, 3.8) is 0 Å². The molecule has 0 spiro atoms. The fourth-order valence-electron chi connectivity index (χ4n) is 1.29. The van der Waals surface area contributed by atoms with Crippen LogP contribution in [0, 0.1) is 3.57 Å². The Balaban J connectivity index is 2.63. The van der Waals surface area contributed by atoms with Gasteiger partial charge < -0.3 is 9.84 Å². The second-order valence-corrected chi connectivity index (χ2v) is 3.88. The van der Waals surface area contributed by atoms with Crippen molar-refractivity contribution in [1.82, 2.24) is 0 Å². The molecule has 1 aliphatic heterocycles. The highest BCUT2D eigenvalue weighted by atomic mass is 127. The van der Waals surface area contributed by atoms with Gasteiger partial charge in [0.05, 0.1) is 15.7 Å². The lowest BCUT2D eigenvalue weighted by atomic mass is 10.1.